The topological polar surface area (TPSA) is 142 Å². The number of aliphatic hydroxyl groups excluding tert-OH is 1. The Morgan fingerprint density at radius 3 is 2.59 bits per heavy atom. The number of ether oxygens (including phenoxy) is 1. The largest absolute Gasteiger partial charge is 0.491 e. The molecule has 2 heterocycles. The van der Waals surface area contributed by atoms with Crippen molar-refractivity contribution >= 4 is 47.1 Å². The molecule has 0 fully saturated rings. The second kappa shape index (κ2) is 12.9. The second-order valence-electron chi connectivity index (χ2n) is 8.38. The molecule has 1 aromatic carbocycles. The van der Waals surface area contributed by atoms with Gasteiger partial charge in [0, 0.05) is 62.0 Å². The van der Waals surface area contributed by atoms with E-state index in [0.29, 0.717) is 59.0 Å². The van der Waals surface area contributed by atoms with Crippen LogP contribution in [0.4, 0.5) is 5.82 Å². The number of allylic oxidation sites excluding steroid dienone is 1. The zero-order chi connectivity index (χ0) is 27.1. The van der Waals surface area contributed by atoms with Crippen LogP contribution in [0.3, 0.4) is 0 Å². The molecule has 1 atom stereocenters. The van der Waals surface area contributed by atoms with Gasteiger partial charge < -0.3 is 41.5 Å². The van der Waals surface area contributed by atoms with Gasteiger partial charge in [-0.15, -0.1) is 0 Å². The van der Waals surface area contributed by atoms with Crippen LogP contribution in [0.25, 0.3) is 17.1 Å². The molecule has 0 saturated carbocycles. The van der Waals surface area contributed by atoms with Crippen molar-refractivity contribution in [3.63, 3.8) is 0 Å². The van der Waals surface area contributed by atoms with Crippen molar-refractivity contribution in [3.05, 3.63) is 50.8 Å². The maximum atomic E-state index is 10.0. The summed E-state index contributed by atoms with van der Waals surface area (Å²) in [6, 6.07) is 5.15. The lowest BCUT2D eigenvalue weighted by molar-refractivity contribution is 0.108. The maximum Gasteiger partial charge on any atom is 0.163 e. The second-order valence-corrected chi connectivity index (χ2v) is 9.19. The van der Waals surface area contributed by atoms with Crippen molar-refractivity contribution in [2.24, 2.45) is 0 Å². The lowest BCUT2D eigenvalue weighted by Crippen LogP contribution is -2.29. The Hall–Kier alpha value is -3.18. The predicted octanol–water partition coefficient (Wildman–Crippen LogP) is 2.78. The Balaban J connectivity index is 2.14. The summed E-state index contributed by atoms with van der Waals surface area (Å²) in [7, 11) is 5.30. The minimum absolute atomic E-state index is 0.105. The molecule has 1 aromatic heterocycles. The van der Waals surface area contributed by atoms with E-state index in [1.165, 1.54) is 6.21 Å². The molecule has 1 aliphatic heterocycles. The van der Waals surface area contributed by atoms with Crippen molar-refractivity contribution in [1.29, 1.82) is 10.8 Å². The van der Waals surface area contributed by atoms with Crippen LogP contribution in [0.15, 0.2) is 34.5 Å². The molecule has 2 aromatic rings. The van der Waals surface area contributed by atoms with E-state index < -0.39 is 6.10 Å². The van der Waals surface area contributed by atoms with Gasteiger partial charge in [0.05, 0.1) is 28.0 Å². The predicted molar refractivity (Wildman–Crippen MR) is 150 cm³/mol. The zero-order valence-corrected chi connectivity index (χ0v) is 22.8. The van der Waals surface area contributed by atoms with Gasteiger partial charge in [-0.25, -0.2) is 9.97 Å². The van der Waals surface area contributed by atoms with Gasteiger partial charge >= 0.3 is 0 Å². The fraction of sp³-hybridized carbons (Fsp3) is 0.360. The van der Waals surface area contributed by atoms with Crippen molar-refractivity contribution < 1.29 is 9.84 Å². The smallest absolute Gasteiger partial charge is 0.163 e. The normalized spacial score (nSPS) is 14.8. The SMILES string of the molecule is CNC[C@@H](O)COc1ccc(Cl)c(-c2nc(/C(NC)=C(\Cl)C=N)c(C)c(N3CC(C=N)=C(NC)C3)n2)c1. The third-order valence-electron chi connectivity index (χ3n) is 5.91. The van der Waals surface area contributed by atoms with Gasteiger partial charge in [0.1, 0.15) is 24.3 Å². The van der Waals surface area contributed by atoms with Crippen LogP contribution in [-0.4, -0.2) is 81.0 Å². The highest BCUT2D eigenvalue weighted by atomic mass is 35.5. The third-order valence-corrected chi connectivity index (χ3v) is 6.53. The summed E-state index contributed by atoms with van der Waals surface area (Å²) in [5, 5.41) is 35.2. The number of nitrogens with one attached hydrogen (secondary N) is 5. The summed E-state index contributed by atoms with van der Waals surface area (Å²) in [6.45, 7) is 3.43. The number of hydrogen-bond donors (Lipinski definition) is 6. The molecule has 198 valence electrons. The van der Waals surface area contributed by atoms with Gasteiger partial charge in [0.2, 0.25) is 0 Å². The molecule has 0 spiro atoms. The van der Waals surface area contributed by atoms with Crippen molar-refractivity contribution in [2.45, 2.75) is 13.0 Å². The molecule has 0 amide bonds. The third kappa shape index (κ3) is 6.40. The lowest BCUT2D eigenvalue weighted by atomic mass is 10.1. The number of rotatable bonds is 12. The monoisotopic (exact) mass is 546 g/mol. The first kappa shape index (κ1) is 28.4. The first-order valence-electron chi connectivity index (χ1n) is 11.6. The molecule has 0 saturated heterocycles. The Morgan fingerprint density at radius 2 is 2.00 bits per heavy atom. The molecule has 0 radical (unpaired) electrons. The van der Waals surface area contributed by atoms with E-state index in [-0.39, 0.29) is 11.6 Å². The number of halogens is 2. The van der Waals surface area contributed by atoms with Gasteiger partial charge in [-0.3, -0.25) is 0 Å². The van der Waals surface area contributed by atoms with Crippen LogP contribution in [0.5, 0.6) is 5.75 Å². The fourth-order valence-corrected chi connectivity index (χ4v) is 4.41. The van der Waals surface area contributed by atoms with Crippen molar-refractivity contribution in [3.8, 4) is 17.1 Å². The van der Waals surface area contributed by atoms with Gasteiger partial charge in [-0.2, -0.15) is 0 Å². The van der Waals surface area contributed by atoms with E-state index in [2.05, 4.69) is 16.0 Å². The average Bonchev–Trinajstić information content (AvgIpc) is 3.33. The number of anilines is 1. The minimum Gasteiger partial charge on any atom is -0.491 e. The van der Waals surface area contributed by atoms with E-state index in [4.69, 9.17) is 48.7 Å². The zero-order valence-electron chi connectivity index (χ0n) is 21.2. The van der Waals surface area contributed by atoms with Crippen LogP contribution >= 0.6 is 23.2 Å². The fourth-order valence-electron chi connectivity index (χ4n) is 4.02. The molecule has 6 N–H and O–H groups in total. The average molecular weight is 547 g/mol. The lowest BCUT2D eigenvalue weighted by Gasteiger charge is -2.23. The summed E-state index contributed by atoms with van der Waals surface area (Å²) in [6.07, 6.45) is 1.72. The molecule has 0 aliphatic carbocycles. The molecule has 12 heteroatoms. The highest BCUT2D eigenvalue weighted by Gasteiger charge is 2.26. The molecule has 0 bridgehead atoms. The molecule has 10 nitrogen and oxygen atoms in total. The molecule has 37 heavy (non-hydrogen) atoms. The van der Waals surface area contributed by atoms with Gasteiger partial charge in [-0.05, 0) is 32.2 Å². The summed E-state index contributed by atoms with van der Waals surface area (Å²) in [5.41, 5.74) is 4.10. The Bertz CT molecular complexity index is 1230. The first-order valence-corrected chi connectivity index (χ1v) is 12.4. The number of aliphatic hydroxyl groups is 1. The summed E-state index contributed by atoms with van der Waals surface area (Å²) in [4.78, 5) is 11.7. The van der Waals surface area contributed by atoms with E-state index in [1.807, 2.05) is 18.9 Å². The van der Waals surface area contributed by atoms with Crippen molar-refractivity contribution in [1.82, 2.24) is 25.9 Å². The van der Waals surface area contributed by atoms with E-state index >= 15 is 0 Å². The standard InChI is InChI=1S/C25H32Cl2N8O2/c1-14-22(23(32-4)20(27)9-29)33-24(34-25(14)35-11-15(8-28)21(12-35)31-3)18-7-17(5-6-19(18)26)37-13-16(36)10-30-2/h5-9,16,28-32,36H,10-13H2,1-4H3/b23-20+,28-8?,29-9?/t16-/m1/s1. The van der Waals surface area contributed by atoms with Crippen LogP contribution in [-0.2, 0) is 0 Å². The van der Waals surface area contributed by atoms with Crippen LogP contribution in [0, 0.1) is 17.7 Å². The molecule has 1 aliphatic rings. The highest BCUT2D eigenvalue weighted by Crippen LogP contribution is 2.35. The van der Waals surface area contributed by atoms with Crippen LogP contribution < -0.4 is 25.6 Å². The molecular formula is C25H32Cl2N8O2. The highest BCUT2D eigenvalue weighted by molar-refractivity contribution is 6.42. The summed E-state index contributed by atoms with van der Waals surface area (Å²) < 4.78 is 5.78. The quantitative estimate of drug-likeness (QED) is 0.223. The van der Waals surface area contributed by atoms with Gasteiger partial charge in [0.15, 0.2) is 5.82 Å². The van der Waals surface area contributed by atoms with Gasteiger partial charge in [0.25, 0.3) is 0 Å². The number of hydrogen-bond acceptors (Lipinski definition) is 10. The van der Waals surface area contributed by atoms with E-state index in [9.17, 15) is 5.11 Å². The van der Waals surface area contributed by atoms with Gasteiger partial charge in [-0.1, -0.05) is 23.2 Å². The van der Waals surface area contributed by atoms with Crippen LogP contribution in [0.1, 0.15) is 11.3 Å². The number of nitrogens with zero attached hydrogens (tertiary/aromatic N) is 3. The minimum atomic E-state index is -0.670. The molecule has 0 unspecified atom stereocenters. The molecule has 3 rings (SSSR count). The van der Waals surface area contributed by atoms with Crippen LogP contribution in [0.2, 0.25) is 5.02 Å². The number of benzene rings is 1. The van der Waals surface area contributed by atoms with E-state index in [0.717, 1.165) is 23.0 Å². The first-order chi connectivity index (χ1) is 17.8. The molecular weight excluding hydrogens is 515 g/mol. The summed E-state index contributed by atoms with van der Waals surface area (Å²) in [5.74, 6) is 1.51. The number of likely N-dealkylation sites (N-methyl/N-ethyl adjacent to an activating group) is 2. The van der Waals surface area contributed by atoms with Crippen molar-refractivity contribution in [2.75, 3.05) is 52.3 Å². The Labute approximate surface area is 226 Å². The maximum absolute atomic E-state index is 10.0. The Kier molecular flexibility index (Phi) is 9.87. The van der Waals surface area contributed by atoms with E-state index in [1.54, 1.807) is 32.3 Å². The number of aromatic nitrogens is 2. The summed E-state index contributed by atoms with van der Waals surface area (Å²) >= 11 is 13.0. The Morgan fingerprint density at radius 1 is 1.24 bits per heavy atom.